The lowest BCUT2D eigenvalue weighted by atomic mass is 10.0. The fraction of sp³-hybridized carbons (Fsp3) is 0.381. The molecule has 5 nitrogen and oxygen atoms in total. The molecule has 1 heterocycles. The Morgan fingerprint density at radius 3 is 2.67 bits per heavy atom. The summed E-state index contributed by atoms with van der Waals surface area (Å²) in [7, 11) is 1.68. The molecule has 27 heavy (non-hydrogen) atoms. The normalized spacial score (nSPS) is 15.4. The number of methoxy groups -OCH3 is 1. The fourth-order valence-electron chi connectivity index (χ4n) is 3.51. The van der Waals surface area contributed by atoms with E-state index in [1.54, 1.807) is 7.11 Å². The molecular weight excluding hydrogens is 362 g/mol. The summed E-state index contributed by atoms with van der Waals surface area (Å²) in [6, 6.07) is 13.4. The van der Waals surface area contributed by atoms with Crippen molar-refractivity contribution >= 4 is 23.3 Å². The molecule has 2 N–H and O–H groups in total. The SMILES string of the molecule is COc1ccccc1C(CNC(=O)Nc1ccc(C)cc1Cl)N1CCCC1. The van der Waals surface area contributed by atoms with Crippen LogP contribution in [-0.2, 0) is 0 Å². The van der Waals surface area contributed by atoms with E-state index < -0.39 is 0 Å². The van der Waals surface area contributed by atoms with Crippen LogP contribution in [0.1, 0.15) is 30.0 Å². The molecule has 1 aliphatic rings. The van der Waals surface area contributed by atoms with Crippen molar-refractivity contribution < 1.29 is 9.53 Å². The third-order valence-corrected chi connectivity index (χ3v) is 5.22. The van der Waals surface area contributed by atoms with Crippen molar-refractivity contribution in [1.29, 1.82) is 0 Å². The first-order chi connectivity index (χ1) is 13.1. The number of carbonyl (C=O) groups excluding carboxylic acids is 1. The third kappa shape index (κ3) is 4.93. The lowest BCUT2D eigenvalue weighted by Crippen LogP contribution is -2.38. The van der Waals surface area contributed by atoms with Crippen molar-refractivity contribution in [3.8, 4) is 5.75 Å². The number of rotatable bonds is 6. The van der Waals surface area contributed by atoms with Crippen molar-refractivity contribution in [1.82, 2.24) is 10.2 Å². The molecule has 0 bridgehead atoms. The van der Waals surface area contributed by atoms with Gasteiger partial charge in [0.25, 0.3) is 0 Å². The van der Waals surface area contributed by atoms with Gasteiger partial charge in [0.05, 0.1) is 23.9 Å². The largest absolute Gasteiger partial charge is 0.496 e. The van der Waals surface area contributed by atoms with Crippen LogP contribution in [-0.4, -0.2) is 37.7 Å². The van der Waals surface area contributed by atoms with Gasteiger partial charge in [-0.15, -0.1) is 0 Å². The summed E-state index contributed by atoms with van der Waals surface area (Å²) >= 11 is 6.21. The smallest absolute Gasteiger partial charge is 0.319 e. The number of aryl methyl sites for hydroxylation is 1. The van der Waals surface area contributed by atoms with Crippen LogP contribution in [0.15, 0.2) is 42.5 Å². The number of amides is 2. The van der Waals surface area contributed by atoms with Crippen LogP contribution < -0.4 is 15.4 Å². The molecular formula is C21H26ClN3O2. The van der Waals surface area contributed by atoms with Gasteiger partial charge in [-0.3, -0.25) is 4.90 Å². The molecule has 0 aromatic heterocycles. The number of anilines is 1. The zero-order valence-corrected chi connectivity index (χ0v) is 16.6. The Morgan fingerprint density at radius 2 is 1.96 bits per heavy atom. The highest BCUT2D eigenvalue weighted by atomic mass is 35.5. The highest BCUT2D eigenvalue weighted by Crippen LogP contribution is 2.31. The lowest BCUT2D eigenvalue weighted by Gasteiger charge is -2.29. The number of nitrogens with one attached hydrogen (secondary N) is 2. The van der Waals surface area contributed by atoms with Gasteiger partial charge >= 0.3 is 6.03 Å². The Kier molecular flexibility index (Phi) is 6.58. The molecule has 1 saturated heterocycles. The maximum Gasteiger partial charge on any atom is 0.319 e. The highest BCUT2D eigenvalue weighted by Gasteiger charge is 2.26. The molecule has 6 heteroatoms. The van der Waals surface area contributed by atoms with Crippen LogP contribution in [0.3, 0.4) is 0 Å². The molecule has 0 spiro atoms. The predicted molar refractivity (Wildman–Crippen MR) is 110 cm³/mol. The van der Waals surface area contributed by atoms with Gasteiger partial charge in [0.2, 0.25) is 0 Å². The van der Waals surface area contributed by atoms with Crippen molar-refractivity contribution in [3.63, 3.8) is 0 Å². The zero-order valence-electron chi connectivity index (χ0n) is 15.8. The number of hydrogen-bond donors (Lipinski definition) is 2. The molecule has 1 unspecified atom stereocenters. The van der Waals surface area contributed by atoms with E-state index in [1.807, 2.05) is 43.3 Å². The summed E-state index contributed by atoms with van der Waals surface area (Å²) in [5.41, 5.74) is 2.75. The van der Waals surface area contributed by atoms with Crippen molar-refractivity contribution in [2.75, 3.05) is 32.1 Å². The van der Waals surface area contributed by atoms with E-state index in [0.29, 0.717) is 17.3 Å². The Hall–Kier alpha value is -2.24. The fourth-order valence-corrected chi connectivity index (χ4v) is 3.79. The molecule has 0 saturated carbocycles. The average Bonchev–Trinajstić information content (AvgIpc) is 3.19. The predicted octanol–water partition coefficient (Wildman–Crippen LogP) is 4.62. The highest BCUT2D eigenvalue weighted by molar-refractivity contribution is 6.33. The van der Waals surface area contributed by atoms with Crippen LogP contribution in [0, 0.1) is 6.92 Å². The summed E-state index contributed by atoms with van der Waals surface area (Å²) in [6.07, 6.45) is 2.35. The summed E-state index contributed by atoms with van der Waals surface area (Å²) < 4.78 is 5.54. The number of para-hydroxylation sites is 1. The van der Waals surface area contributed by atoms with Gasteiger partial charge in [0, 0.05) is 12.1 Å². The Balaban J connectivity index is 1.70. The van der Waals surface area contributed by atoms with Crippen LogP contribution in [0.5, 0.6) is 5.75 Å². The first kappa shape index (κ1) is 19.5. The number of ether oxygens (including phenoxy) is 1. The Morgan fingerprint density at radius 1 is 1.22 bits per heavy atom. The van der Waals surface area contributed by atoms with E-state index in [0.717, 1.165) is 30.0 Å². The molecule has 0 radical (unpaired) electrons. The number of halogens is 1. The number of carbonyl (C=O) groups is 1. The topological polar surface area (TPSA) is 53.6 Å². The number of nitrogens with zero attached hydrogens (tertiary/aromatic N) is 1. The summed E-state index contributed by atoms with van der Waals surface area (Å²) in [5, 5.41) is 6.36. The minimum Gasteiger partial charge on any atom is -0.496 e. The second kappa shape index (κ2) is 9.11. The third-order valence-electron chi connectivity index (χ3n) is 4.91. The van der Waals surface area contributed by atoms with E-state index in [-0.39, 0.29) is 12.1 Å². The lowest BCUT2D eigenvalue weighted by molar-refractivity contribution is 0.224. The molecule has 3 rings (SSSR count). The monoisotopic (exact) mass is 387 g/mol. The van der Waals surface area contributed by atoms with Crippen molar-refractivity contribution in [3.05, 3.63) is 58.6 Å². The van der Waals surface area contributed by atoms with Gasteiger partial charge < -0.3 is 15.4 Å². The first-order valence-corrected chi connectivity index (χ1v) is 9.64. The van der Waals surface area contributed by atoms with E-state index in [4.69, 9.17) is 16.3 Å². The van der Waals surface area contributed by atoms with Crippen LogP contribution >= 0.6 is 11.6 Å². The van der Waals surface area contributed by atoms with E-state index >= 15 is 0 Å². The summed E-state index contributed by atoms with van der Waals surface area (Å²) in [4.78, 5) is 14.8. The maximum absolute atomic E-state index is 12.4. The Bertz CT molecular complexity index is 791. The zero-order chi connectivity index (χ0) is 19.2. The molecule has 144 valence electrons. The minimum absolute atomic E-state index is 0.0721. The number of likely N-dealkylation sites (tertiary alicyclic amines) is 1. The first-order valence-electron chi connectivity index (χ1n) is 9.26. The van der Waals surface area contributed by atoms with Gasteiger partial charge in [-0.25, -0.2) is 4.79 Å². The average molecular weight is 388 g/mol. The number of urea groups is 1. The number of benzene rings is 2. The molecule has 1 aliphatic heterocycles. The quantitative estimate of drug-likeness (QED) is 0.760. The van der Waals surface area contributed by atoms with Crippen LogP contribution in [0.2, 0.25) is 5.02 Å². The van der Waals surface area contributed by atoms with Crippen molar-refractivity contribution in [2.24, 2.45) is 0 Å². The molecule has 2 amide bonds. The molecule has 1 atom stereocenters. The summed E-state index contributed by atoms with van der Waals surface area (Å²) in [6.45, 7) is 4.50. The van der Waals surface area contributed by atoms with Crippen molar-refractivity contribution in [2.45, 2.75) is 25.8 Å². The van der Waals surface area contributed by atoms with E-state index in [1.165, 1.54) is 12.8 Å². The standard InChI is InChI=1S/C21H26ClN3O2/c1-15-9-10-18(17(22)13-15)24-21(26)23-14-19(25-11-5-6-12-25)16-7-3-4-8-20(16)27-2/h3-4,7-10,13,19H,5-6,11-12,14H2,1-2H3,(H2,23,24,26). The van der Waals surface area contributed by atoms with Crippen LogP contribution in [0.4, 0.5) is 10.5 Å². The van der Waals surface area contributed by atoms with Gasteiger partial charge in [0.15, 0.2) is 0 Å². The maximum atomic E-state index is 12.4. The van der Waals surface area contributed by atoms with Crippen LogP contribution in [0.25, 0.3) is 0 Å². The van der Waals surface area contributed by atoms with E-state index in [9.17, 15) is 4.79 Å². The molecule has 1 fully saturated rings. The van der Waals surface area contributed by atoms with Gasteiger partial charge in [-0.05, 0) is 56.6 Å². The molecule has 0 aliphatic carbocycles. The Labute approximate surface area is 165 Å². The second-order valence-corrected chi connectivity index (χ2v) is 7.23. The van der Waals surface area contributed by atoms with Gasteiger partial charge in [-0.1, -0.05) is 35.9 Å². The molecule has 2 aromatic rings. The van der Waals surface area contributed by atoms with Gasteiger partial charge in [-0.2, -0.15) is 0 Å². The number of hydrogen-bond acceptors (Lipinski definition) is 3. The minimum atomic E-state index is -0.264. The van der Waals surface area contributed by atoms with E-state index in [2.05, 4.69) is 21.6 Å². The van der Waals surface area contributed by atoms with Gasteiger partial charge in [0.1, 0.15) is 5.75 Å². The second-order valence-electron chi connectivity index (χ2n) is 6.82. The molecule has 2 aromatic carbocycles. The summed E-state index contributed by atoms with van der Waals surface area (Å²) in [5.74, 6) is 0.846.